The highest BCUT2D eigenvalue weighted by Gasteiger charge is 2.47. The third-order valence-electron chi connectivity index (χ3n) is 4.88. The molecule has 3 nitrogen and oxygen atoms in total. The van der Waals surface area contributed by atoms with Crippen LogP contribution < -0.4 is 0 Å². The van der Waals surface area contributed by atoms with Gasteiger partial charge in [0.2, 0.25) is 0 Å². The molecule has 21 heavy (non-hydrogen) atoms. The molecule has 3 rings (SSSR count). The average Bonchev–Trinajstić information content (AvgIpc) is 2.98. The zero-order valence-electron chi connectivity index (χ0n) is 12.0. The highest BCUT2D eigenvalue weighted by Crippen LogP contribution is 2.45. The van der Waals surface area contributed by atoms with Crippen LogP contribution in [0.1, 0.15) is 37.4 Å². The summed E-state index contributed by atoms with van der Waals surface area (Å²) in [6.45, 7) is 2.78. The first-order valence-corrected chi connectivity index (χ1v) is 7.59. The van der Waals surface area contributed by atoms with Crippen molar-refractivity contribution >= 4 is 0 Å². The summed E-state index contributed by atoms with van der Waals surface area (Å²) in [6, 6.07) is 3.43. The maximum absolute atomic E-state index is 14.0. The van der Waals surface area contributed by atoms with Crippen LogP contribution in [0.3, 0.4) is 0 Å². The maximum atomic E-state index is 14.0. The minimum atomic E-state index is -0.932. The fourth-order valence-electron chi connectivity index (χ4n) is 3.77. The molecule has 1 aromatic rings. The van der Waals surface area contributed by atoms with E-state index in [2.05, 4.69) is 4.90 Å². The van der Waals surface area contributed by atoms with Crippen molar-refractivity contribution in [1.82, 2.24) is 4.90 Å². The van der Waals surface area contributed by atoms with Gasteiger partial charge in [-0.25, -0.2) is 8.78 Å². The molecule has 1 heterocycles. The summed E-state index contributed by atoms with van der Waals surface area (Å²) in [4.78, 5) is 2.23. The first kappa shape index (κ1) is 14.9. The van der Waals surface area contributed by atoms with Crippen LogP contribution in [0.15, 0.2) is 18.2 Å². The monoisotopic (exact) mass is 297 g/mol. The van der Waals surface area contributed by atoms with Crippen LogP contribution in [0, 0.1) is 11.6 Å². The van der Waals surface area contributed by atoms with Gasteiger partial charge >= 0.3 is 0 Å². The zero-order valence-corrected chi connectivity index (χ0v) is 12.0. The van der Waals surface area contributed by atoms with Crippen molar-refractivity contribution in [3.05, 3.63) is 35.4 Å². The van der Waals surface area contributed by atoms with Crippen LogP contribution in [-0.4, -0.2) is 41.8 Å². The van der Waals surface area contributed by atoms with Gasteiger partial charge in [-0.1, -0.05) is 18.9 Å². The molecular formula is C16H21F2NO2. The Labute approximate surface area is 123 Å². The summed E-state index contributed by atoms with van der Waals surface area (Å²) in [7, 11) is 0. The highest BCUT2D eigenvalue weighted by molar-refractivity contribution is 5.25. The molecule has 1 aromatic carbocycles. The number of hydrogen-bond donors (Lipinski definition) is 1. The van der Waals surface area contributed by atoms with Gasteiger partial charge in [-0.05, 0) is 18.9 Å². The molecule has 1 N–H and O–H groups in total. The molecule has 0 spiro atoms. The second kappa shape index (κ2) is 5.99. The summed E-state index contributed by atoms with van der Waals surface area (Å²) >= 11 is 0. The van der Waals surface area contributed by atoms with E-state index in [9.17, 15) is 13.9 Å². The van der Waals surface area contributed by atoms with Gasteiger partial charge in [-0.15, -0.1) is 0 Å². The first-order valence-electron chi connectivity index (χ1n) is 7.59. The third-order valence-corrected chi connectivity index (χ3v) is 4.88. The van der Waals surface area contributed by atoms with Crippen molar-refractivity contribution in [2.75, 3.05) is 26.3 Å². The molecule has 0 aromatic heterocycles. The molecule has 5 heteroatoms. The fourth-order valence-corrected chi connectivity index (χ4v) is 3.77. The van der Waals surface area contributed by atoms with E-state index in [1.165, 1.54) is 12.1 Å². The van der Waals surface area contributed by atoms with E-state index in [-0.39, 0.29) is 5.56 Å². The van der Waals surface area contributed by atoms with Crippen LogP contribution in [0.2, 0.25) is 0 Å². The van der Waals surface area contributed by atoms with E-state index in [0.717, 1.165) is 44.8 Å². The second-order valence-corrected chi connectivity index (χ2v) is 5.98. The van der Waals surface area contributed by atoms with Crippen LogP contribution in [-0.2, 0) is 4.74 Å². The SMILES string of the molecule is OC(c1ccc(F)cc1F)C1(N2CCOCC2)CCCC1. The van der Waals surface area contributed by atoms with Gasteiger partial charge < -0.3 is 9.84 Å². The Kier molecular flexibility index (Phi) is 4.24. The minimum absolute atomic E-state index is 0.199. The lowest BCUT2D eigenvalue weighted by Gasteiger charge is -2.46. The van der Waals surface area contributed by atoms with Crippen molar-refractivity contribution in [3.63, 3.8) is 0 Å². The number of aliphatic hydroxyl groups excluding tert-OH is 1. The molecule has 1 aliphatic heterocycles. The van der Waals surface area contributed by atoms with Crippen LogP contribution in [0.5, 0.6) is 0 Å². The molecule has 0 amide bonds. The number of nitrogens with zero attached hydrogens (tertiary/aromatic N) is 1. The van der Waals surface area contributed by atoms with E-state index in [0.29, 0.717) is 13.2 Å². The molecule has 1 saturated heterocycles. The Hall–Kier alpha value is -1.04. The molecule has 1 aliphatic carbocycles. The molecule has 0 radical (unpaired) electrons. The number of halogens is 2. The first-order chi connectivity index (χ1) is 10.1. The molecule has 2 aliphatic rings. The summed E-state index contributed by atoms with van der Waals surface area (Å²) in [6.07, 6.45) is 2.79. The fraction of sp³-hybridized carbons (Fsp3) is 0.625. The van der Waals surface area contributed by atoms with E-state index in [1.807, 2.05) is 0 Å². The van der Waals surface area contributed by atoms with E-state index in [4.69, 9.17) is 4.74 Å². The Morgan fingerprint density at radius 1 is 1.14 bits per heavy atom. The predicted molar refractivity (Wildman–Crippen MR) is 74.9 cm³/mol. The van der Waals surface area contributed by atoms with Gasteiger partial charge in [-0.3, -0.25) is 4.90 Å². The van der Waals surface area contributed by atoms with Crippen LogP contribution in [0.4, 0.5) is 8.78 Å². The summed E-state index contributed by atoms with van der Waals surface area (Å²) in [5.74, 6) is -1.28. The van der Waals surface area contributed by atoms with Gasteiger partial charge in [0.25, 0.3) is 0 Å². The van der Waals surface area contributed by atoms with Crippen LogP contribution in [0.25, 0.3) is 0 Å². The van der Waals surface area contributed by atoms with Gasteiger partial charge in [0, 0.05) is 24.7 Å². The number of rotatable bonds is 3. The molecule has 1 atom stereocenters. The molecule has 116 valence electrons. The Morgan fingerprint density at radius 2 is 1.81 bits per heavy atom. The van der Waals surface area contributed by atoms with Crippen LogP contribution >= 0.6 is 0 Å². The smallest absolute Gasteiger partial charge is 0.131 e. The van der Waals surface area contributed by atoms with E-state index >= 15 is 0 Å². The average molecular weight is 297 g/mol. The third kappa shape index (κ3) is 2.70. The maximum Gasteiger partial charge on any atom is 0.131 e. The van der Waals surface area contributed by atoms with Crippen molar-refractivity contribution in [2.24, 2.45) is 0 Å². The second-order valence-electron chi connectivity index (χ2n) is 5.98. The molecule has 0 bridgehead atoms. The lowest BCUT2D eigenvalue weighted by Crippen LogP contribution is -2.55. The lowest BCUT2D eigenvalue weighted by molar-refractivity contribution is -0.0783. The van der Waals surface area contributed by atoms with Crippen molar-refractivity contribution in [2.45, 2.75) is 37.3 Å². The number of aliphatic hydroxyl groups is 1. The van der Waals surface area contributed by atoms with Crippen molar-refractivity contribution < 1.29 is 18.6 Å². The van der Waals surface area contributed by atoms with E-state index < -0.39 is 23.3 Å². The molecular weight excluding hydrogens is 276 g/mol. The summed E-state index contributed by atoms with van der Waals surface area (Å²) in [5, 5.41) is 10.8. The Bertz CT molecular complexity index is 497. The van der Waals surface area contributed by atoms with Gasteiger partial charge in [0.05, 0.1) is 18.8 Å². The molecule has 2 fully saturated rings. The normalized spacial score (nSPS) is 24.1. The largest absolute Gasteiger partial charge is 0.386 e. The quantitative estimate of drug-likeness (QED) is 0.931. The zero-order chi connectivity index (χ0) is 14.9. The van der Waals surface area contributed by atoms with Crippen molar-refractivity contribution in [1.29, 1.82) is 0 Å². The Balaban J connectivity index is 1.92. The minimum Gasteiger partial charge on any atom is -0.386 e. The number of ether oxygens (including phenoxy) is 1. The lowest BCUT2D eigenvalue weighted by atomic mass is 9.83. The number of morpholine rings is 1. The van der Waals surface area contributed by atoms with E-state index in [1.54, 1.807) is 0 Å². The van der Waals surface area contributed by atoms with Gasteiger partial charge in [-0.2, -0.15) is 0 Å². The molecule has 1 saturated carbocycles. The Morgan fingerprint density at radius 3 is 2.43 bits per heavy atom. The highest BCUT2D eigenvalue weighted by atomic mass is 19.1. The summed E-state index contributed by atoms with van der Waals surface area (Å²) < 4.78 is 32.5. The molecule has 1 unspecified atom stereocenters. The van der Waals surface area contributed by atoms with Gasteiger partial charge in [0.1, 0.15) is 17.7 Å². The predicted octanol–water partition coefficient (Wildman–Crippen LogP) is 2.64. The number of benzene rings is 1. The van der Waals surface area contributed by atoms with Crippen molar-refractivity contribution in [3.8, 4) is 0 Å². The topological polar surface area (TPSA) is 32.7 Å². The summed E-state index contributed by atoms with van der Waals surface area (Å²) in [5.41, 5.74) is -0.243. The standard InChI is InChI=1S/C16H21F2NO2/c17-12-3-4-13(14(18)11-12)15(20)16(5-1-2-6-16)19-7-9-21-10-8-19/h3-4,11,15,20H,1-2,5-10H2. The van der Waals surface area contributed by atoms with Gasteiger partial charge in [0.15, 0.2) is 0 Å². The number of hydrogen-bond acceptors (Lipinski definition) is 3.